The number of pyridine rings is 1. The van der Waals surface area contributed by atoms with Crippen molar-refractivity contribution in [2.75, 3.05) is 17.2 Å². The molecule has 0 aliphatic heterocycles. The average molecular weight is 274 g/mol. The fourth-order valence-electron chi connectivity index (χ4n) is 1.32. The van der Waals surface area contributed by atoms with Crippen LogP contribution < -0.4 is 9.46 Å². The Hall–Kier alpha value is -0.950. The first-order chi connectivity index (χ1) is 7.99. The third kappa shape index (κ3) is 3.50. The molecule has 0 amide bonds. The normalized spacial score (nSPS) is 15.6. The lowest BCUT2D eigenvalue weighted by Crippen LogP contribution is -2.12. The van der Waals surface area contributed by atoms with Crippen LogP contribution in [0.4, 0.5) is 5.69 Å². The van der Waals surface area contributed by atoms with Crippen LogP contribution in [-0.4, -0.2) is 32.0 Å². The van der Waals surface area contributed by atoms with Crippen LogP contribution >= 0.6 is 11.8 Å². The summed E-state index contributed by atoms with van der Waals surface area (Å²) in [5.41, 5.74) is 0.409. The maximum absolute atomic E-state index is 11.3. The number of thioether (sulfide) groups is 1. The molecule has 0 unspecified atom stereocenters. The van der Waals surface area contributed by atoms with Gasteiger partial charge < -0.3 is 4.74 Å². The molecule has 5 nitrogen and oxygen atoms in total. The van der Waals surface area contributed by atoms with E-state index in [1.807, 2.05) is 6.26 Å². The Bertz CT molecular complexity index is 512. The van der Waals surface area contributed by atoms with E-state index in [-0.39, 0.29) is 6.10 Å². The van der Waals surface area contributed by atoms with Crippen LogP contribution in [0.5, 0.6) is 5.75 Å². The molecule has 0 saturated heterocycles. The van der Waals surface area contributed by atoms with Gasteiger partial charge in [0.15, 0.2) is 5.75 Å². The number of aromatic nitrogens is 1. The molecule has 1 aliphatic carbocycles. The lowest BCUT2D eigenvalue weighted by molar-refractivity contribution is 0.297. The molecule has 1 saturated carbocycles. The van der Waals surface area contributed by atoms with Crippen molar-refractivity contribution in [2.45, 2.75) is 23.8 Å². The zero-order valence-corrected chi connectivity index (χ0v) is 11.3. The summed E-state index contributed by atoms with van der Waals surface area (Å²) in [7, 11) is -3.32. The SMILES string of the molecule is CSc1cncc(NS(C)(=O)=O)c1OC1CC1. The maximum atomic E-state index is 11.3. The van der Waals surface area contributed by atoms with Gasteiger partial charge in [-0.05, 0) is 19.1 Å². The predicted molar refractivity (Wildman–Crippen MR) is 68.1 cm³/mol. The Morgan fingerprint density at radius 1 is 1.47 bits per heavy atom. The number of rotatable bonds is 5. The molecule has 0 aromatic carbocycles. The molecule has 1 fully saturated rings. The standard InChI is InChI=1S/C10H14N2O3S2/c1-16-9-6-11-5-8(12-17(2,13)14)10(9)15-7-3-4-7/h5-7,12H,3-4H2,1-2H3. The number of hydrogen-bond donors (Lipinski definition) is 1. The van der Waals surface area contributed by atoms with Crippen LogP contribution in [0.2, 0.25) is 0 Å². The number of ether oxygens (including phenoxy) is 1. The van der Waals surface area contributed by atoms with Gasteiger partial charge in [-0.15, -0.1) is 11.8 Å². The third-order valence-corrected chi connectivity index (χ3v) is 3.51. The lowest BCUT2D eigenvalue weighted by Gasteiger charge is -2.14. The van der Waals surface area contributed by atoms with E-state index in [1.165, 1.54) is 18.0 Å². The van der Waals surface area contributed by atoms with Gasteiger partial charge in [0.25, 0.3) is 0 Å². The summed E-state index contributed by atoms with van der Waals surface area (Å²) in [4.78, 5) is 4.84. The highest BCUT2D eigenvalue weighted by molar-refractivity contribution is 7.98. The first kappa shape index (κ1) is 12.5. The summed E-state index contributed by atoms with van der Waals surface area (Å²) >= 11 is 1.48. The molecular formula is C10H14N2O3S2. The van der Waals surface area contributed by atoms with Gasteiger partial charge in [0.2, 0.25) is 10.0 Å². The van der Waals surface area contributed by atoms with Gasteiger partial charge in [-0.3, -0.25) is 9.71 Å². The van der Waals surface area contributed by atoms with Gasteiger partial charge in [0.1, 0.15) is 5.69 Å². The number of nitrogens with zero attached hydrogens (tertiary/aromatic N) is 1. The molecular weight excluding hydrogens is 260 g/mol. The number of sulfonamides is 1. The molecule has 1 aromatic rings. The Morgan fingerprint density at radius 3 is 2.71 bits per heavy atom. The van der Waals surface area contributed by atoms with Crippen LogP contribution in [0, 0.1) is 0 Å². The predicted octanol–water partition coefficient (Wildman–Crippen LogP) is 1.72. The van der Waals surface area contributed by atoms with E-state index in [0.29, 0.717) is 11.4 Å². The third-order valence-electron chi connectivity index (χ3n) is 2.19. The van der Waals surface area contributed by atoms with Crippen molar-refractivity contribution in [2.24, 2.45) is 0 Å². The highest BCUT2D eigenvalue weighted by Crippen LogP contribution is 2.38. The average Bonchev–Trinajstić information content (AvgIpc) is 3.02. The molecule has 7 heteroatoms. The van der Waals surface area contributed by atoms with Gasteiger partial charge in [0.05, 0.1) is 23.5 Å². The van der Waals surface area contributed by atoms with Crippen molar-refractivity contribution in [3.05, 3.63) is 12.4 Å². The van der Waals surface area contributed by atoms with Crippen molar-refractivity contribution in [1.29, 1.82) is 0 Å². The summed E-state index contributed by atoms with van der Waals surface area (Å²) in [6.45, 7) is 0. The molecule has 0 bridgehead atoms. The van der Waals surface area contributed by atoms with E-state index in [0.717, 1.165) is 24.0 Å². The first-order valence-corrected chi connectivity index (χ1v) is 8.27. The fraction of sp³-hybridized carbons (Fsp3) is 0.500. The van der Waals surface area contributed by atoms with Crippen LogP contribution in [0.3, 0.4) is 0 Å². The van der Waals surface area contributed by atoms with Gasteiger partial charge in [-0.1, -0.05) is 0 Å². The summed E-state index contributed by atoms with van der Waals surface area (Å²) in [5, 5.41) is 0. The van der Waals surface area contributed by atoms with E-state index in [2.05, 4.69) is 9.71 Å². The molecule has 0 atom stereocenters. The Kier molecular flexibility index (Phi) is 3.48. The largest absolute Gasteiger partial charge is 0.487 e. The molecule has 1 heterocycles. The molecule has 1 aliphatic rings. The summed E-state index contributed by atoms with van der Waals surface area (Å²) in [6.07, 6.45) is 8.42. The smallest absolute Gasteiger partial charge is 0.229 e. The van der Waals surface area contributed by atoms with E-state index in [1.54, 1.807) is 6.20 Å². The van der Waals surface area contributed by atoms with Crippen molar-refractivity contribution < 1.29 is 13.2 Å². The van der Waals surface area contributed by atoms with Crippen molar-refractivity contribution >= 4 is 27.5 Å². The van der Waals surface area contributed by atoms with Crippen LogP contribution in [0.1, 0.15) is 12.8 Å². The highest BCUT2D eigenvalue weighted by Gasteiger charge is 2.26. The Balaban J connectivity index is 2.34. The number of hydrogen-bond acceptors (Lipinski definition) is 5. The van der Waals surface area contributed by atoms with E-state index in [9.17, 15) is 8.42 Å². The van der Waals surface area contributed by atoms with Gasteiger partial charge in [-0.25, -0.2) is 8.42 Å². The zero-order chi connectivity index (χ0) is 12.5. The molecule has 0 spiro atoms. The molecule has 17 heavy (non-hydrogen) atoms. The molecule has 1 aromatic heterocycles. The second-order valence-electron chi connectivity index (χ2n) is 3.91. The van der Waals surface area contributed by atoms with E-state index >= 15 is 0 Å². The maximum Gasteiger partial charge on any atom is 0.229 e. The quantitative estimate of drug-likeness (QED) is 0.828. The highest BCUT2D eigenvalue weighted by atomic mass is 32.2. The van der Waals surface area contributed by atoms with E-state index < -0.39 is 10.0 Å². The van der Waals surface area contributed by atoms with Crippen LogP contribution in [0.15, 0.2) is 17.3 Å². The second-order valence-corrected chi connectivity index (χ2v) is 6.51. The van der Waals surface area contributed by atoms with Gasteiger partial charge in [0, 0.05) is 6.20 Å². The van der Waals surface area contributed by atoms with Crippen molar-refractivity contribution in [1.82, 2.24) is 4.98 Å². The Labute approximate surface area is 105 Å². The van der Waals surface area contributed by atoms with Crippen molar-refractivity contribution in [3.63, 3.8) is 0 Å². The Morgan fingerprint density at radius 2 is 2.18 bits per heavy atom. The summed E-state index contributed by atoms with van der Waals surface area (Å²) in [6, 6.07) is 0. The lowest BCUT2D eigenvalue weighted by atomic mass is 10.4. The monoisotopic (exact) mass is 274 g/mol. The topological polar surface area (TPSA) is 68.3 Å². The van der Waals surface area contributed by atoms with Gasteiger partial charge in [-0.2, -0.15) is 0 Å². The van der Waals surface area contributed by atoms with Crippen molar-refractivity contribution in [3.8, 4) is 5.75 Å². The minimum Gasteiger partial charge on any atom is -0.487 e. The number of anilines is 1. The van der Waals surface area contributed by atoms with Gasteiger partial charge >= 0.3 is 0 Å². The fourth-order valence-corrected chi connectivity index (χ4v) is 2.38. The number of nitrogens with one attached hydrogen (secondary N) is 1. The molecule has 0 radical (unpaired) electrons. The summed E-state index contributed by atoms with van der Waals surface area (Å²) in [5.74, 6) is 0.584. The first-order valence-electron chi connectivity index (χ1n) is 5.16. The minimum atomic E-state index is -3.32. The second kappa shape index (κ2) is 4.73. The van der Waals surface area contributed by atoms with Crippen LogP contribution in [0.25, 0.3) is 0 Å². The molecule has 94 valence electrons. The minimum absolute atomic E-state index is 0.211. The van der Waals surface area contributed by atoms with E-state index in [4.69, 9.17) is 4.74 Å². The summed E-state index contributed by atoms with van der Waals surface area (Å²) < 4.78 is 30.7. The molecule has 1 N–H and O–H groups in total. The van der Waals surface area contributed by atoms with Crippen LogP contribution in [-0.2, 0) is 10.0 Å². The molecule has 2 rings (SSSR count). The zero-order valence-electron chi connectivity index (χ0n) is 9.63.